The van der Waals surface area contributed by atoms with E-state index in [0.29, 0.717) is 12.1 Å². The van der Waals surface area contributed by atoms with Crippen LogP contribution in [-0.4, -0.2) is 36.8 Å². The Morgan fingerprint density at radius 2 is 1.78 bits per heavy atom. The van der Waals surface area contributed by atoms with Gasteiger partial charge in [0.05, 0.1) is 19.2 Å². The number of methoxy groups -OCH3 is 1. The maximum Gasteiger partial charge on any atom is 0.152 e. The summed E-state index contributed by atoms with van der Waals surface area (Å²) in [5, 5.41) is 0. The first-order valence-electron chi connectivity index (χ1n) is 12.5. The van der Waals surface area contributed by atoms with Gasteiger partial charge in [-0.05, 0) is 67.7 Å². The molecule has 2 heterocycles. The highest BCUT2D eigenvalue weighted by Crippen LogP contribution is 2.26. The molecule has 0 N–H and O–H groups in total. The van der Waals surface area contributed by atoms with Crippen LogP contribution in [0.5, 0.6) is 5.75 Å². The number of amidine groups is 1. The average molecular weight is 512 g/mol. The van der Waals surface area contributed by atoms with Crippen molar-refractivity contribution in [3.8, 4) is 16.9 Å². The van der Waals surface area contributed by atoms with Crippen LogP contribution in [-0.2, 0) is 6.54 Å². The van der Waals surface area contributed by atoms with Crippen LogP contribution < -0.4 is 4.74 Å². The van der Waals surface area contributed by atoms with Crippen LogP contribution in [0.3, 0.4) is 0 Å². The van der Waals surface area contributed by atoms with Crippen molar-refractivity contribution in [3.05, 3.63) is 89.8 Å². The Kier molecular flexibility index (Phi) is 12.4. The Morgan fingerprint density at radius 1 is 1.08 bits per heavy atom. The van der Waals surface area contributed by atoms with E-state index in [-0.39, 0.29) is 17.7 Å². The van der Waals surface area contributed by atoms with Gasteiger partial charge in [-0.2, -0.15) is 0 Å². The van der Waals surface area contributed by atoms with E-state index in [1.54, 1.807) is 13.2 Å². The minimum absolute atomic E-state index is 0.134. The number of hydrogen-bond acceptors (Lipinski definition) is 4. The summed E-state index contributed by atoms with van der Waals surface area (Å²) >= 11 is 0. The van der Waals surface area contributed by atoms with Gasteiger partial charge in [0, 0.05) is 24.9 Å². The number of ether oxygens (including phenoxy) is 1. The molecule has 0 saturated carbocycles. The highest BCUT2D eigenvalue weighted by Gasteiger charge is 2.20. The van der Waals surface area contributed by atoms with Gasteiger partial charge in [0.15, 0.2) is 5.84 Å². The van der Waals surface area contributed by atoms with Gasteiger partial charge in [0.25, 0.3) is 0 Å². The van der Waals surface area contributed by atoms with Crippen molar-refractivity contribution in [1.82, 2.24) is 4.90 Å². The van der Waals surface area contributed by atoms with Gasteiger partial charge in [0.1, 0.15) is 23.9 Å². The smallest absolute Gasteiger partial charge is 0.152 e. The summed E-state index contributed by atoms with van der Waals surface area (Å²) in [6.07, 6.45) is 7.99. The van der Waals surface area contributed by atoms with Crippen molar-refractivity contribution in [2.24, 2.45) is 9.98 Å². The molecule has 0 unspecified atom stereocenters. The highest BCUT2D eigenvalue weighted by molar-refractivity contribution is 6.16. The zero-order valence-corrected chi connectivity index (χ0v) is 22.3. The van der Waals surface area contributed by atoms with Crippen LogP contribution in [0.1, 0.15) is 46.1 Å². The predicted octanol–water partition coefficient (Wildman–Crippen LogP) is 8.22. The fourth-order valence-electron chi connectivity index (χ4n) is 3.62. The molecule has 0 amide bonds. The SMILES string of the molecule is C/C(=C/F)CF.C/C=C/C1=NC2=CN(Cc3ccc(-c4ccc(OC)cc4)cc3F)CCCC2=N1.CC. The standard InChI is InChI=1S/C24H24FN3O.C4H6F2.C2H6/c1-3-5-24-26-22-6-4-13-28(16-23(22)27-24)15-19-8-7-18(14-21(19)25)17-9-11-20(29-2)12-10-17;1-4(2-5)3-6;1-2/h3,5,7-12,14,16H,4,6,13,15H2,1-2H3;2H,3H2,1H3;1-2H3/b5-3+;4-2-;. The number of nitrogens with zero attached hydrogens (tertiary/aromatic N) is 3. The molecule has 7 heteroatoms. The molecule has 37 heavy (non-hydrogen) atoms. The van der Waals surface area contributed by atoms with E-state index in [0.717, 1.165) is 53.5 Å². The molecule has 2 aliphatic rings. The zero-order valence-electron chi connectivity index (χ0n) is 22.3. The fraction of sp³-hybridized carbons (Fsp3) is 0.333. The summed E-state index contributed by atoms with van der Waals surface area (Å²) in [6.45, 7) is 8.03. The van der Waals surface area contributed by atoms with Crippen molar-refractivity contribution < 1.29 is 17.9 Å². The molecular formula is C30H36F3N3O. The summed E-state index contributed by atoms with van der Waals surface area (Å²) in [4.78, 5) is 11.3. The topological polar surface area (TPSA) is 37.2 Å². The number of hydrogen-bond donors (Lipinski definition) is 0. The Morgan fingerprint density at radius 3 is 2.35 bits per heavy atom. The number of aliphatic imine (C=N–C) groups is 2. The average Bonchev–Trinajstić information content (AvgIpc) is 3.21. The second kappa shape index (κ2) is 15.5. The summed E-state index contributed by atoms with van der Waals surface area (Å²) < 4.78 is 42.1. The molecule has 0 spiro atoms. The molecule has 0 saturated heterocycles. The Balaban J connectivity index is 0.000000531. The third-order valence-corrected chi connectivity index (χ3v) is 5.51. The Hall–Kier alpha value is -3.61. The number of fused-ring (bicyclic) bond motifs is 1. The first-order chi connectivity index (χ1) is 18.0. The van der Waals surface area contributed by atoms with Crippen molar-refractivity contribution >= 4 is 11.5 Å². The van der Waals surface area contributed by atoms with E-state index in [2.05, 4.69) is 14.9 Å². The molecule has 2 aliphatic heterocycles. The first kappa shape index (κ1) is 29.6. The lowest BCUT2D eigenvalue weighted by Gasteiger charge is -2.19. The quantitative estimate of drug-likeness (QED) is 0.392. The fourth-order valence-corrected chi connectivity index (χ4v) is 3.62. The summed E-state index contributed by atoms with van der Waals surface area (Å²) in [7, 11) is 1.63. The molecule has 2 aromatic carbocycles. The van der Waals surface area contributed by atoms with Gasteiger partial charge in [-0.1, -0.05) is 44.2 Å². The minimum atomic E-state index is -0.684. The van der Waals surface area contributed by atoms with E-state index in [9.17, 15) is 13.2 Å². The molecule has 4 rings (SSSR count). The van der Waals surface area contributed by atoms with Crippen LogP contribution in [0.4, 0.5) is 13.2 Å². The summed E-state index contributed by atoms with van der Waals surface area (Å²) in [6, 6.07) is 13.1. The normalized spacial score (nSPS) is 14.9. The van der Waals surface area contributed by atoms with Crippen LogP contribution in [0.25, 0.3) is 11.1 Å². The largest absolute Gasteiger partial charge is 0.497 e. The van der Waals surface area contributed by atoms with Gasteiger partial charge in [0.2, 0.25) is 0 Å². The minimum Gasteiger partial charge on any atom is -0.497 e. The zero-order chi connectivity index (χ0) is 27.2. The maximum absolute atomic E-state index is 14.8. The van der Waals surface area contributed by atoms with Gasteiger partial charge in [-0.15, -0.1) is 0 Å². The van der Waals surface area contributed by atoms with E-state index in [4.69, 9.17) is 4.74 Å². The van der Waals surface area contributed by atoms with Crippen LogP contribution in [0.15, 0.2) is 88.4 Å². The van der Waals surface area contributed by atoms with Gasteiger partial charge in [-0.25, -0.2) is 23.2 Å². The monoisotopic (exact) mass is 511 g/mol. The molecule has 0 bridgehead atoms. The van der Waals surface area contributed by atoms with Gasteiger partial charge >= 0.3 is 0 Å². The highest BCUT2D eigenvalue weighted by atomic mass is 19.1. The molecular weight excluding hydrogens is 475 g/mol. The van der Waals surface area contributed by atoms with E-state index in [1.165, 1.54) is 6.92 Å². The van der Waals surface area contributed by atoms with Crippen LogP contribution >= 0.6 is 0 Å². The number of rotatable bonds is 6. The van der Waals surface area contributed by atoms with E-state index < -0.39 is 6.67 Å². The lowest BCUT2D eigenvalue weighted by Crippen LogP contribution is -2.18. The number of alkyl halides is 1. The molecule has 2 aromatic rings. The summed E-state index contributed by atoms with van der Waals surface area (Å²) in [5.41, 5.74) is 4.55. The number of benzene rings is 2. The van der Waals surface area contributed by atoms with Crippen molar-refractivity contribution in [1.29, 1.82) is 0 Å². The third-order valence-electron chi connectivity index (χ3n) is 5.51. The third kappa shape index (κ3) is 8.77. The molecule has 0 fully saturated rings. The van der Waals surface area contributed by atoms with Crippen molar-refractivity contribution in [2.75, 3.05) is 20.3 Å². The van der Waals surface area contributed by atoms with Gasteiger partial charge in [-0.3, -0.25) is 0 Å². The number of allylic oxidation sites excluding steroid dienone is 3. The Labute approximate surface area is 218 Å². The van der Waals surface area contributed by atoms with E-state index >= 15 is 0 Å². The van der Waals surface area contributed by atoms with Crippen molar-refractivity contribution in [2.45, 2.75) is 47.1 Å². The first-order valence-corrected chi connectivity index (χ1v) is 12.5. The van der Waals surface area contributed by atoms with Crippen molar-refractivity contribution in [3.63, 3.8) is 0 Å². The molecule has 0 aromatic heterocycles. The molecule has 0 radical (unpaired) electrons. The van der Waals surface area contributed by atoms with E-state index in [1.807, 2.05) is 75.5 Å². The van der Waals surface area contributed by atoms with Crippen LogP contribution in [0.2, 0.25) is 0 Å². The summed E-state index contributed by atoms with van der Waals surface area (Å²) in [5.74, 6) is 1.33. The molecule has 0 aliphatic carbocycles. The lowest BCUT2D eigenvalue weighted by molar-refractivity contribution is 0.360. The second-order valence-corrected chi connectivity index (χ2v) is 8.24. The maximum atomic E-state index is 14.8. The molecule has 0 atom stereocenters. The number of halogens is 3. The second-order valence-electron chi connectivity index (χ2n) is 8.24. The molecule has 198 valence electrons. The lowest BCUT2D eigenvalue weighted by atomic mass is 10.0. The Bertz CT molecular complexity index is 1170. The van der Waals surface area contributed by atoms with Crippen LogP contribution in [0, 0.1) is 5.82 Å². The van der Waals surface area contributed by atoms with Gasteiger partial charge < -0.3 is 9.64 Å². The predicted molar refractivity (Wildman–Crippen MR) is 148 cm³/mol. The molecule has 4 nitrogen and oxygen atoms in total.